The Balaban J connectivity index is 1.77. The molecule has 3 nitrogen and oxygen atoms in total. The number of nitrogens with two attached hydrogens (primary N) is 1. The largest absolute Gasteiger partial charge is 0.377 e. The van der Waals surface area contributed by atoms with Crippen LogP contribution in [0.3, 0.4) is 0 Å². The molecule has 2 aliphatic rings. The Labute approximate surface area is 80.2 Å². The van der Waals surface area contributed by atoms with Gasteiger partial charge in [0.05, 0.1) is 6.10 Å². The van der Waals surface area contributed by atoms with Crippen molar-refractivity contribution in [3.8, 4) is 0 Å². The van der Waals surface area contributed by atoms with Gasteiger partial charge in [-0.25, -0.2) is 0 Å². The highest BCUT2D eigenvalue weighted by molar-refractivity contribution is 4.91. The molecule has 0 spiro atoms. The first-order valence-electron chi connectivity index (χ1n) is 5.29. The molecule has 2 N–H and O–H groups in total. The van der Waals surface area contributed by atoms with Crippen LogP contribution in [0.15, 0.2) is 0 Å². The van der Waals surface area contributed by atoms with Gasteiger partial charge in [-0.1, -0.05) is 0 Å². The van der Waals surface area contributed by atoms with Gasteiger partial charge >= 0.3 is 0 Å². The lowest BCUT2D eigenvalue weighted by molar-refractivity contribution is 0.0793. The Kier molecular flexibility index (Phi) is 2.58. The van der Waals surface area contributed by atoms with Crippen molar-refractivity contribution in [3.05, 3.63) is 0 Å². The van der Waals surface area contributed by atoms with E-state index in [0.29, 0.717) is 6.10 Å². The molecule has 2 rings (SSSR count). The zero-order valence-electron chi connectivity index (χ0n) is 8.46. The van der Waals surface area contributed by atoms with Crippen molar-refractivity contribution in [1.29, 1.82) is 0 Å². The first-order chi connectivity index (χ1) is 6.16. The molecule has 0 amide bonds. The molecule has 0 aliphatic carbocycles. The molecule has 2 heterocycles. The molecule has 76 valence electrons. The Bertz CT molecular complexity index is 176. The second kappa shape index (κ2) is 3.56. The van der Waals surface area contributed by atoms with E-state index in [9.17, 15) is 0 Å². The molecule has 0 bridgehead atoms. The van der Waals surface area contributed by atoms with Crippen LogP contribution in [-0.2, 0) is 4.74 Å². The number of likely N-dealkylation sites (tertiary alicyclic amines) is 1. The Hall–Kier alpha value is -0.120. The van der Waals surface area contributed by atoms with Crippen molar-refractivity contribution in [2.24, 2.45) is 5.73 Å². The van der Waals surface area contributed by atoms with Crippen LogP contribution >= 0.6 is 0 Å². The normalized spacial score (nSPS) is 41.5. The smallest absolute Gasteiger partial charge is 0.0702 e. The third-order valence-corrected chi connectivity index (χ3v) is 3.07. The zero-order valence-corrected chi connectivity index (χ0v) is 8.46. The predicted molar refractivity (Wildman–Crippen MR) is 52.6 cm³/mol. The van der Waals surface area contributed by atoms with Crippen molar-refractivity contribution in [2.45, 2.75) is 37.8 Å². The first kappa shape index (κ1) is 9.44. The minimum absolute atomic E-state index is 0.0403. The summed E-state index contributed by atoms with van der Waals surface area (Å²) < 4.78 is 5.60. The summed E-state index contributed by atoms with van der Waals surface area (Å²) in [6.07, 6.45) is 4.07. The van der Waals surface area contributed by atoms with Crippen LogP contribution in [0.2, 0.25) is 0 Å². The maximum atomic E-state index is 6.06. The molecule has 13 heavy (non-hydrogen) atoms. The standard InChI is InChI=1S/C10H20N2O/c1-10(11)4-5-12(8-10)7-9-3-2-6-13-9/h9H,2-8,11H2,1H3. The molecule has 2 atom stereocenters. The quantitative estimate of drug-likeness (QED) is 0.682. The second-order valence-corrected chi connectivity index (χ2v) is 4.77. The van der Waals surface area contributed by atoms with Crippen LogP contribution in [0.1, 0.15) is 26.2 Å². The number of hydrogen-bond donors (Lipinski definition) is 1. The van der Waals surface area contributed by atoms with Gasteiger partial charge in [0, 0.05) is 31.8 Å². The summed E-state index contributed by atoms with van der Waals surface area (Å²) in [4.78, 5) is 2.44. The summed E-state index contributed by atoms with van der Waals surface area (Å²) in [5, 5.41) is 0. The van der Waals surface area contributed by atoms with Crippen molar-refractivity contribution in [2.75, 3.05) is 26.2 Å². The number of nitrogens with zero attached hydrogens (tertiary/aromatic N) is 1. The summed E-state index contributed by atoms with van der Waals surface area (Å²) in [6.45, 7) is 6.37. The topological polar surface area (TPSA) is 38.5 Å². The van der Waals surface area contributed by atoms with Crippen molar-refractivity contribution in [3.63, 3.8) is 0 Å². The summed E-state index contributed by atoms with van der Waals surface area (Å²) in [6, 6.07) is 0. The molecule has 0 aromatic heterocycles. The lowest BCUT2D eigenvalue weighted by atomic mass is 10.0. The van der Waals surface area contributed by atoms with Crippen LogP contribution in [0.25, 0.3) is 0 Å². The van der Waals surface area contributed by atoms with Crippen molar-refractivity contribution < 1.29 is 4.74 Å². The highest BCUT2D eigenvalue weighted by Gasteiger charge is 2.31. The molecular weight excluding hydrogens is 164 g/mol. The fourth-order valence-corrected chi connectivity index (χ4v) is 2.31. The van der Waals surface area contributed by atoms with Gasteiger partial charge < -0.3 is 10.5 Å². The fourth-order valence-electron chi connectivity index (χ4n) is 2.31. The van der Waals surface area contributed by atoms with Gasteiger partial charge in [-0.3, -0.25) is 4.90 Å². The third-order valence-electron chi connectivity index (χ3n) is 3.07. The number of hydrogen-bond acceptors (Lipinski definition) is 3. The molecular formula is C10H20N2O. The van der Waals surface area contributed by atoms with E-state index in [-0.39, 0.29) is 5.54 Å². The highest BCUT2D eigenvalue weighted by atomic mass is 16.5. The van der Waals surface area contributed by atoms with Crippen LogP contribution in [0.4, 0.5) is 0 Å². The van der Waals surface area contributed by atoms with Gasteiger partial charge in [0.15, 0.2) is 0 Å². The van der Waals surface area contributed by atoms with E-state index in [0.717, 1.165) is 32.7 Å². The monoisotopic (exact) mass is 184 g/mol. The SMILES string of the molecule is CC1(N)CCN(CC2CCCO2)C1. The fraction of sp³-hybridized carbons (Fsp3) is 1.00. The minimum Gasteiger partial charge on any atom is -0.377 e. The Morgan fingerprint density at radius 2 is 2.46 bits per heavy atom. The molecule has 0 saturated carbocycles. The van der Waals surface area contributed by atoms with E-state index in [1.807, 2.05) is 0 Å². The van der Waals surface area contributed by atoms with Crippen molar-refractivity contribution >= 4 is 0 Å². The average Bonchev–Trinajstić information content (AvgIpc) is 2.61. The predicted octanol–water partition coefficient (Wildman–Crippen LogP) is 0.588. The lowest BCUT2D eigenvalue weighted by Crippen LogP contribution is -2.40. The summed E-state index contributed by atoms with van der Waals surface area (Å²) in [7, 11) is 0. The van der Waals surface area contributed by atoms with Gasteiger partial charge in [-0.2, -0.15) is 0 Å². The molecule has 0 radical (unpaired) electrons. The third kappa shape index (κ3) is 2.42. The lowest BCUT2D eigenvalue weighted by Gasteiger charge is -2.22. The van der Waals surface area contributed by atoms with E-state index in [1.54, 1.807) is 0 Å². The van der Waals surface area contributed by atoms with Crippen LogP contribution in [-0.4, -0.2) is 42.8 Å². The summed E-state index contributed by atoms with van der Waals surface area (Å²) in [5.41, 5.74) is 6.10. The van der Waals surface area contributed by atoms with Crippen LogP contribution in [0.5, 0.6) is 0 Å². The number of rotatable bonds is 2. The Morgan fingerprint density at radius 1 is 1.62 bits per heavy atom. The molecule has 3 heteroatoms. The van der Waals surface area contributed by atoms with Gasteiger partial charge in [0.1, 0.15) is 0 Å². The van der Waals surface area contributed by atoms with E-state index < -0.39 is 0 Å². The number of ether oxygens (including phenoxy) is 1. The minimum atomic E-state index is 0.0403. The first-order valence-corrected chi connectivity index (χ1v) is 5.29. The zero-order chi connectivity index (χ0) is 9.31. The maximum Gasteiger partial charge on any atom is 0.0702 e. The summed E-state index contributed by atoms with van der Waals surface area (Å²) >= 11 is 0. The second-order valence-electron chi connectivity index (χ2n) is 4.77. The highest BCUT2D eigenvalue weighted by Crippen LogP contribution is 2.20. The van der Waals surface area contributed by atoms with E-state index in [1.165, 1.54) is 12.8 Å². The van der Waals surface area contributed by atoms with Crippen molar-refractivity contribution in [1.82, 2.24) is 4.90 Å². The molecule has 2 unspecified atom stereocenters. The van der Waals surface area contributed by atoms with Gasteiger partial charge in [-0.05, 0) is 26.2 Å². The Morgan fingerprint density at radius 3 is 3.00 bits per heavy atom. The van der Waals surface area contributed by atoms with Crippen LogP contribution < -0.4 is 5.73 Å². The maximum absolute atomic E-state index is 6.06. The van der Waals surface area contributed by atoms with E-state index >= 15 is 0 Å². The van der Waals surface area contributed by atoms with Gasteiger partial charge in [0.25, 0.3) is 0 Å². The molecule has 2 saturated heterocycles. The van der Waals surface area contributed by atoms with E-state index in [2.05, 4.69) is 11.8 Å². The molecule has 0 aromatic carbocycles. The average molecular weight is 184 g/mol. The molecule has 0 aromatic rings. The van der Waals surface area contributed by atoms with Gasteiger partial charge in [0.2, 0.25) is 0 Å². The van der Waals surface area contributed by atoms with Crippen LogP contribution in [0, 0.1) is 0 Å². The molecule has 2 fully saturated rings. The van der Waals surface area contributed by atoms with Gasteiger partial charge in [-0.15, -0.1) is 0 Å². The summed E-state index contributed by atoms with van der Waals surface area (Å²) in [5.74, 6) is 0. The van der Waals surface area contributed by atoms with E-state index in [4.69, 9.17) is 10.5 Å². The molecule has 2 aliphatic heterocycles.